The Morgan fingerprint density at radius 3 is 2.04 bits per heavy atom. The molecule has 0 spiro atoms. The van der Waals surface area contributed by atoms with Gasteiger partial charge < -0.3 is 9.84 Å². The quantitative estimate of drug-likeness (QED) is 0.816. The van der Waals surface area contributed by atoms with E-state index in [1.165, 1.54) is 18.7 Å². The van der Waals surface area contributed by atoms with Crippen LogP contribution in [-0.2, 0) is 9.53 Å². The number of hydrogen-bond acceptors (Lipinski definition) is 3. The molecule has 1 aliphatic rings. The summed E-state index contributed by atoms with van der Waals surface area (Å²) in [6.07, 6.45) is 0.0621. The highest BCUT2D eigenvalue weighted by Gasteiger charge is 2.39. The molecular weight excluding hydrogens is 342 g/mol. The van der Waals surface area contributed by atoms with Crippen molar-refractivity contribution in [3.63, 3.8) is 0 Å². The highest BCUT2D eigenvalue weighted by atomic mass is 16.6. The van der Waals surface area contributed by atoms with Crippen molar-refractivity contribution in [3.8, 4) is 11.1 Å². The van der Waals surface area contributed by atoms with E-state index in [2.05, 4.69) is 24.3 Å². The number of rotatable bonds is 6. The molecule has 2 aromatic rings. The number of carbonyl (C=O) groups excluding carboxylic acids is 1. The Kier molecular flexibility index (Phi) is 5.22. The first-order valence-electron chi connectivity index (χ1n) is 9.24. The molecule has 27 heavy (non-hydrogen) atoms. The predicted molar refractivity (Wildman–Crippen MR) is 104 cm³/mol. The van der Waals surface area contributed by atoms with Gasteiger partial charge in [-0.3, -0.25) is 4.90 Å². The summed E-state index contributed by atoms with van der Waals surface area (Å²) in [7, 11) is 0. The van der Waals surface area contributed by atoms with Crippen molar-refractivity contribution in [1.82, 2.24) is 4.90 Å². The third-order valence-electron chi connectivity index (χ3n) is 5.20. The van der Waals surface area contributed by atoms with Crippen LogP contribution in [0.4, 0.5) is 4.79 Å². The molecule has 142 valence electrons. The third-order valence-corrected chi connectivity index (χ3v) is 5.20. The zero-order valence-corrected chi connectivity index (χ0v) is 15.9. The van der Waals surface area contributed by atoms with Gasteiger partial charge in [-0.15, -0.1) is 0 Å². The number of nitrogens with zero attached hydrogens (tertiary/aromatic N) is 1. The van der Waals surface area contributed by atoms with Crippen molar-refractivity contribution in [1.29, 1.82) is 0 Å². The first kappa shape index (κ1) is 19.0. The molecule has 0 heterocycles. The number of hydrogen-bond donors (Lipinski definition) is 1. The van der Waals surface area contributed by atoms with E-state index in [-0.39, 0.29) is 12.5 Å². The van der Waals surface area contributed by atoms with E-state index in [4.69, 9.17) is 4.74 Å². The highest BCUT2D eigenvalue weighted by molar-refractivity contribution is 5.84. The number of aliphatic carboxylic acids is 1. The lowest BCUT2D eigenvalue weighted by atomic mass is 9.98. The zero-order valence-electron chi connectivity index (χ0n) is 15.9. The van der Waals surface area contributed by atoms with Crippen molar-refractivity contribution < 1.29 is 19.4 Å². The molecule has 0 aliphatic heterocycles. The standard InChI is InChI=1S/C22H25NO4/c1-4-13-23(22(2,3)20(24)25)21(26)27-14-19-17-11-7-5-9-15(17)16-10-6-8-12-18(16)19/h5-12,19H,4,13-14H2,1-3H3,(H,24,25). The van der Waals surface area contributed by atoms with E-state index in [9.17, 15) is 14.7 Å². The van der Waals surface area contributed by atoms with Gasteiger partial charge in [-0.05, 0) is 42.5 Å². The van der Waals surface area contributed by atoms with Gasteiger partial charge >= 0.3 is 12.1 Å². The number of benzene rings is 2. The summed E-state index contributed by atoms with van der Waals surface area (Å²) in [6, 6.07) is 16.2. The number of carboxylic acids is 1. The van der Waals surface area contributed by atoms with Gasteiger partial charge in [-0.2, -0.15) is 0 Å². The van der Waals surface area contributed by atoms with Crippen molar-refractivity contribution in [2.75, 3.05) is 13.2 Å². The summed E-state index contributed by atoms with van der Waals surface area (Å²) >= 11 is 0. The van der Waals surface area contributed by atoms with Crippen LogP contribution in [0.3, 0.4) is 0 Å². The molecule has 2 aromatic carbocycles. The average molecular weight is 367 g/mol. The molecule has 1 aliphatic carbocycles. The maximum Gasteiger partial charge on any atom is 0.410 e. The van der Waals surface area contributed by atoms with Gasteiger partial charge in [0.1, 0.15) is 12.1 Å². The number of ether oxygens (including phenoxy) is 1. The van der Waals surface area contributed by atoms with Gasteiger partial charge in [-0.1, -0.05) is 55.5 Å². The Labute approximate surface area is 159 Å². The zero-order chi connectivity index (χ0) is 19.6. The van der Waals surface area contributed by atoms with Gasteiger partial charge in [0.05, 0.1) is 0 Å². The maximum absolute atomic E-state index is 12.7. The largest absolute Gasteiger partial charge is 0.480 e. The molecule has 1 N–H and O–H groups in total. The molecule has 0 bridgehead atoms. The average Bonchev–Trinajstić information content (AvgIpc) is 2.98. The van der Waals surface area contributed by atoms with Gasteiger partial charge in [0.2, 0.25) is 0 Å². The molecular formula is C22H25NO4. The van der Waals surface area contributed by atoms with Gasteiger partial charge in [0.15, 0.2) is 0 Å². The normalized spacial score (nSPS) is 13.0. The predicted octanol–water partition coefficient (Wildman–Crippen LogP) is 4.51. The smallest absolute Gasteiger partial charge is 0.410 e. The van der Waals surface area contributed by atoms with E-state index < -0.39 is 17.6 Å². The van der Waals surface area contributed by atoms with Crippen LogP contribution in [0, 0.1) is 0 Å². The Bertz CT molecular complexity index is 813. The Hall–Kier alpha value is -2.82. The minimum absolute atomic E-state index is 0.0437. The first-order valence-corrected chi connectivity index (χ1v) is 9.24. The Balaban J connectivity index is 1.82. The topological polar surface area (TPSA) is 66.8 Å². The lowest BCUT2D eigenvalue weighted by molar-refractivity contribution is -0.148. The second-order valence-corrected chi connectivity index (χ2v) is 7.32. The number of amides is 1. The van der Waals surface area contributed by atoms with Crippen LogP contribution in [-0.4, -0.2) is 40.8 Å². The first-order chi connectivity index (χ1) is 12.9. The van der Waals surface area contributed by atoms with Crippen molar-refractivity contribution >= 4 is 12.1 Å². The summed E-state index contributed by atoms with van der Waals surface area (Å²) in [6.45, 7) is 5.46. The summed E-state index contributed by atoms with van der Waals surface area (Å²) in [5.41, 5.74) is 3.26. The van der Waals surface area contributed by atoms with E-state index in [1.807, 2.05) is 31.2 Å². The van der Waals surface area contributed by atoms with Crippen LogP contribution in [0.1, 0.15) is 44.2 Å². The Morgan fingerprint density at radius 2 is 1.56 bits per heavy atom. The van der Waals surface area contributed by atoms with E-state index in [1.54, 1.807) is 0 Å². The van der Waals surface area contributed by atoms with Gasteiger partial charge in [0, 0.05) is 12.5 Å². The number of carboxylic acid groups (broad SMARTS) is 1. The van der Waals surface area contributed by atoms with Crippen LogP contribution in [0.25, 0.3) is 11.1 Å². The van der Waals surface area contributed by atoms with Gasteiger partial charge in [0.25, 0.3) is 0 Å². The second kappa shape index (κ2) is 7.43. The molecule has 0 saturated carbocycles. The Morgan fingerprint density at radius 1 is 1.04 bits per heavy atom. The van der Waals surface area contributed by atoms with E-state index in [0.29, 0.717) is 13.0 Å². The highest BCUT2D eigenvalue weighted by Crippen LogP contribution is 2.44. The second-order valence-electron chi connectivity index (χ2n) is 7.32. The molecule has 5 nitrogen and oxygen atoms in total. The summed E-state index contributed by atoms with van der Waals surface area (Å²) in [5.74, 6) is -1.10. The molecule has 0 unspecified atom stereocenters. The lowest BCUT2D eigenvalue weighted by Gasteiger charge is -2.34. The van der Waals surface area contributed by atoms with Crippen molar-refractivity contribution in [2.24, 2.45) is 0 Å². The fourth-order valence-electron chi connectivity index (χ4n) is 3.61. The molecule has 1 amide bonds. The molecule has 0 radical (unpaired) electrons. The molecule has 5 heteroatoms. The van der Waals surface area contributed by atoms with Crippen LogP contribution in [0.2, 0.25) is 0 Å². The molecule has 3 rings (SSSR count). The summed E-state index contributed by atoms with van der Waals surface area (Å²) < 4.78 is 5.61. The van der Waals surface area contributed by atoms with Crippen LogP contribution in [0.15, 0.2) is 48.5 Å². The van der Waals surface area contributed by atoms with Crippen molar-refractivity contribution in [3.05, 3.63) is 59.7 Å². The fourth-order valence-corrected chi connectivity index (χ4v) is 3.61. The number of carbonyl (C=O) groups is 2. The third kappa shape index (κ3) is 3.42. The van der Waals surface area contributed by atoms with Gasteiger partial charge in [-0.25, -0.2) is 9.59 Å². The molecule has 0 fully saturated rings. The van der Waals surface area contributed by atoms with Crippen LogP contribution in [0.5, 0.6) is 0 Å². The van der Waals surface area contributed by atoms with E-state index >= 15 is 0 Å². The minimum Gasteiger partial charge on any atom is -0.480 e. The van der Waals surface area contributed by atoms with Crippen LogP contribution >= 0.6 is 0 Å². The lowest BCUT2D eigenvalue weighted by Crippen LogP contribution is -2.53. The summed E-state index contributed by atoms with van der Waals surface area (Å²) in [5, 5.41) is 9.48. The summed E-state index contributed by atoms with van der Waals surface area (Å²) in [4.78, 5) is 25.6. The number of fused-ring (bicyclic) bond motifs is 3. The monoisotopic (exact) mass is 367 g/mol. The van der Waals surface area contributed by atoms with Crippen molar-refractivity contribution in [2.45, 2.75) is 38.6 Å². The van der Waals surface area contributed by atoms with Crippen LogP contribution < -0.4 is 0 Å². The molecule has 0 aromatic heterocycles. The molecule has 0 saturated heterocycles. The van der Waals surface area contributed by atoms with E-state index in [0.717, 1.165) is 22.3 Å². The minimum atomic E-state index is -1.32. The maximum atomic E-state index is 12.7. The molecule has 0 atom stereocenters. The SMILES string of the molecule is CCCN(C(=O)OCC1c2ccccc2-c2ccccc21)C(C)(C)C(=O)O. The fraction of sp³-hybridized carbons (Fsp3) is 0.364.